The van der Waals surface area contributed by atoms with Crippen LogP contribution in [-0.2, 0) is 4.79 Å². The summed E-state index contributed by atoms with van der Waals surface area (Å²) in [5.41, 5.74) is 0. The molecule has 1 rings (SSSR count). The standard InChI is InChI=1S/C7H11NO/c9-7-5-3-1-2-4-6-8-7/h4,6H,1-3,5H2,(H,8,9)/b6-4-. The van der Waals surface area contributed by atoms with E-state index in [9.17, 15) is 4.79 Å². The van der Waals surface area contributed by atoms with Crippen molar-refractivity contribution >= 4 is 5.91 Å². The van der Waals surface area contributed by atoms with Crippen molar-refractivity contribution in [2.45, 2.75) is 25.7 Å². The highest BCUT2D eigenvalue weighted by Crippen LogP contribution is 2.02. The van der Waals surface area contributed by atoms with E-state index in [-0.39, 0.29) is 5.91 Å². The number of rotatable bonds is 0. The Bertz CT molecular complexity index is 129. The highest BCUT2D eigenvalue weighted by molar-refractivity contribution is 5.76. The molecule has 0 bridgehead atoms. The summed E-state index contributed by atoms with van der Waals surface area (Å²) in [6, 6.07) is 0. The average Bonchev–Trinajstić information content (AvgIpc) is 1.79. The zero-order valence-corrected chi connectivity index (χ0v) is 5.39. The van der Waals surface area contributed by atoms with Crippen molar-refractivity contribution < 1.29 is 4.79 Å². The third-order valence-electron chi connectivity index (χ3n) is 1.39. The van der Waals surface area contributed by atoms with E-state index in [0.717, 1.165) is 19.3 Å². The molecule has 0 radical (unpaired) electrons. The molecule has 0 aromatic rings. The maximum atomic E-state index is 10.7. The average molecular weight is 125 g/mol. The molecule has 0 saturated carbocycles. The molecule has 1 aliphatic rings. The Labute approximate surface area is 54.9 Å². The van der Waals surface area contributed by atoms with Crippen LogP contribution in [0.15, 0.2) is 12.3 Å². The predicted octanol–water partition coefficient (Wildman–Crippen LogP) is 1.19. The molecular weight excluding hydrogens is 114 g/mol. The number of carbonyl (C=O) groups is 1. The lowest BCUT2D eigenvalue weighted by Gasteiger charge is -2.02. The van der Waals surface area contributed by atoms with Gasteiger partial charge in [0, 0.05) is 6.42 Å². The lowest BCUT2D eigenvalue weighted by Crippen LogP contribution is -2.17. The zero-order chi connectivity index (χ0) is 6.53. The van der Waals surface area contributed by atoms with Crippen LogP contribution in [0.3, 0.4) is 0 Å². The van der Waals surface area contributed by atoms with Gasteiger partial charge in [0.25, 0.3) is 0 Å². The van der Waals surface area contributed by atoms with Gasteiger partial charge in [0.05, 0.1) is 0 Å². The second-order valence-electron chi connectivity index (χ2n) is 2.22. The molecule has 9 heavy (non-hydrogen) atoms. The minimum Gasteiger partial charge on any atom is -0.333 e. The van der Waals surface area contributed by atoms with Crippen molar-refractivity contribution in [3.8, 4) is 0 Å². The van der Waals surface area contributed by atoms with Crippen LogP contribution >= 0.6 is 0 Å². The van der Waals surface area contributed by atoms with Gasteiger partial charge in [0.2, 0.25) is 5.91 Å². The second-order valence-corrected chi connectivity index (χ2v) is 2.22. The van der Waals surface area contributed by atoms with E-state index >= 15 is 0 Å². The monoisotopic (exact) mass is 125 g/mol. The van der Waals surface area contributed by atoms with Crippen LogP contribution in [0.5, 0.6) is 0 Å². The third-order valence-corrected chi connectivity index (χ3v) is 1.39. The Morgan fingerprint density at radius 3 is 3.22 bits per heavy atom. The normalized spacial score (nSPS) is 23.8. The Kier molecular flexibility index (Phi) is 2.31. The van der Waals surface area contributed by atoms with Crippen LogP contribution in [0, 0.1) is 0 Å². The summed E-state index contributed by atoms with van der Waals surface area (Å²) in [4.78, 5) is 10.7. The Morgan fingerprint density at radius 2 is 2.33 bits per heavy atom. The Morgan fingerprint density at radius 1 is 1.44 bits per heavy atom. The first-order chi connectivity index (χ1) is 4.39. The van der Waals surface area contributed by atoms with E-state index in [2.05, 4.69) is 5.32 Å². The molecule has 2 nitrogen and oxygen atoms in total. The van der Waals surface area contributed by atoms with Crippen LogP contribution in [0.25, 0.3) is 0 Å². The Balaban J connectivity index is 2.37. The van der Waals surface area contributed by atoms with Gasteiger partial charge in [-0.1, -0.05) is 6.08 Å². The summed E-state index contributed by atoms with van der Waals surface area (Å²) in [6.45, 7) is 0. The SMILES string of the molecule is O=C1CCCC/C=C\N1. The number of nitrogens with one attached hydrogen (secondary N) is 1. The summed E-state index contributed by atoms with van der Waals surface area (Å²) >= 11 is 0. The van der Waals surface area contributed by atoms with Crippen molar-refractivity contribution in [3.63, 3.8) is 0 Å². The summed E-state index contributed by atoms with van der Waals surface area (Å²) < 4.78 is 0. The number of hydrogen-bond donors (Lipinski definition) is 1. The molecule has 1 aliphatic heterocycles. The number of hydrogen-bond acceptors (Lipinski definition) is 1. The fourth-order valence-electron chi connectivity index (χ4n) is 0.855. The quantitative estimate of drug-likeness (QED) is 0.517. The molecule has 0 atom stereocenters. The summed E-state index contributed by atoms with van der Waals surface area (Å²) in [6.07, 6.45) is 7.68. The molecule has 50 valence electrons. The van der Waals surface area contributed by atoms with Crippen molar-refractivity contribution in [2.24, 2.45) is 0 Å². The van der Waals surface area contributed by atoms with Gasteiger partial charge in [-0.2, -0.15) is 0 Å². The van der Waals surface area contributed by atoms with Crippen LogP contribution in [-0.4, -0.2) is 5.91 Å². The van der Waals surface area contributed by atoms with Gasteiger partial charge in [0.1, 0.15) is 0 Å². The number of allylic oxidation sites excluding steroid dienone is 1. The second kappa shape index (κ2) is 3.28. The van der Waals surface area contributed by atoms with Crippen LogP contribution < -0.4 is 5.32 Å². The van der Waals surface area contributed by atoms with Crippen LogP contribution in [0.2, 0.25) is 0 Å². The van der Waals surface area contributed by atoms with E-state index in [0.29, 0.717) is 6.42 Å². The van der Waals surface area contributed by atoms with Gasteiger partial charge in [0.15, 0.2) is 0 Å². The number of carbonyl (C=O) groups excluding carboxylic acids is 1. The fraction of sp³-hybridized carbons (Fsp3) is 0.571. The smallest absolute Gasteiger partial charge is 0.223 e. The minimum absolute atomic E-state index is 0.144. The molecule has 0 fully saturated rings. The van der Waals surface area contributed by atoms with Crippen molar-refractivity contribution in [1.29, 1.82) is 0 Å². The Hall–Kier alpha value is -0.790. The molecule has 1 amide bonds. The molecule has 0 aromatic heterocycles. The summed E-state index contributed by atoms with van der Waals surface area (Å²) in [5, 5.41) is 2.66. The minimum atomic E-state index is 0.144. The largest absolute Gasteiger partial charge is 0.333 e. The summed E-state index contributed by atoms with van der Waals surface area (Å²) in [7, 11) is 0. The van der Waals surface area contributed by atoms with Gasteiger partial charge in [-0.15, -0.1) is 0 Å². The number of amides is 1. The van der Waals surface area contributed by atoms with Gasteiger partial charge in [-0.3, -0.25) is 4.79 Å². The molecule has 0 aliphatic carbocycles. The fourth-order valence-corrected chi connectivity index (χ4v) is 0.855. The lowest BCUT2D eigenvalue weighted by atomic mass is 10.1. The third kappa shape index (κ3) is 2.31. The van der Waals surface area contributed by atoms with E-state index in [1.807, 2.05) is 6.08 Å². The molecule has 0 spiro atoms. The maximum absolute atomic E-state index is 10.7. The van der Waals surface area contributed by atoms with Crippen LogP contribution in [0.4, 0.5) is 0 Å². The van der Waals surface area contributed by atoms with E-state index in [4.69, 9.17) is 0 Å². The van der Waals surface area contributed by atoms with Gasteiger partial charge < -0.3 is 5.32 Å². The van der Waals surface area contributed by atoms with Gasteiger partial charge >= 0.3 is 0 Å². The van der Waals surface area contributed by atoms with E-state index < -0.39 is 0 Å². The van der Waals surface area contributed by atoms with Crippen molar-refractivity contribution in [1.82, 2.24) is 5.32 Å². The van der Waals surface area contributed by atoms with E-state index in [1.54, 1.807) is 6.20 Å². The first-order valence-corrected chi connectivity index (χ1v) is 3.34. The molecule has 1 N–H and O–H groups in total. The van der Waals surface area contributed by atoms with Crippen molar-refractivity contribution in [2.75, 3.05) is 0 Å². The summed E-state index contributed by atoms with van der Waals surface area (Å²) in [5.74, 6) is 0.144. The topological polar surface area (TPSA) is 29.1 Å². The van der Waals surface area contributed by atoms with Gasteiger partial charge in [-0.05, 0) is 25.5 Å². The predicted molar refractivity (Wildman–Crippen MR) is 35.8 cm³/mol. The molecular formula is C7H11NO. The molecule has 0 unspecified atom stereocenters. The zero-order valence-electron chi connectivity index (χ0n) is 5.39. The maximum Gasteiger partial charge on any atom is 0.223 e. The molecule has 2 heteroatoms. The highest BCUT2D eigenvalue weighted by Gasteiger charge is 1.98. The molecule has 0 aromatic carbocycles. The molecule has 0 saturated heterocycles. The first kappa shape index (κ1) is 6.33. The first-order valence-electron chi connectivity index (χ1n) is 3.34. The lowest BCUT2D eigenvalue weighted by molar-refractivity contribution is -0.120. The molecule has 1 heterocycles. The van der Waals surface area contributed by atoms with Gasteiger partial charge in [-0.25, -0.2) is 0 Å². The highest BCUT2D eigenvalue weighted by atomic mass is 16.1. The van der Waals surface area contributed by atoms with E-state index in [1.165, 1.54) is 0 Å². The van der Waals surface area contributed by atoms with Crippen LogP contribution in [0.1, 0.15) is 25.7 Å². The van der Waals surface area contributed by atoms with Crippen molar-refractivity contribution in [3.05, 3.63) is 12.3 Å².